The van der Waals surface area contributed by atoms with E-state index in [1.54, 1.807) is 12.7 Å². The Hall–Kier alpha value is -0.860. The van der Waals surface area contributed by atoms with Gasteiger partial charge in [-0.2, -0.15) is 5.10 Å². The summed E-state index contributed by atoms with van der Waals surface area (Å²) < 4.78 is 1.92. The summed E-state index contributed by atoms with van der Waals surface area (Å²) in [6.45, 7) is 8.01. The van der Waals surface area contributed by atoms with Crippen molar-refractivity contribution in [2.45, 2.75) is 78.7 Å². The lowest BCUT2D eigenvalue weighted by molar-refractivity contribution is 0.356. The summed E-state index contributed by atoms with van der Waals surface area (Å²) in [7, 11) is 0. The van der Waals surface area contributed by atoms with Crippen LogP contribution in [-0.2, 0) is 6.54 Å². The van der Waals surface area contributed by atoms with E-state index >= 15 is 0 Å². The lowest BCUT2D eigenvalue weighted by atomic mass is 9.89. The van der Waals surface area contributed by atoms with Crippen LogP contribution in [0.4, 0.5) is 0 Å². The second-order valence-electron chi connectivity index (χ2n) is 6.44. The second-order valence-corrected chi connectivity index (χ2v) is 6.44. The van der Waals surface area contributed by atoms with Crippen molar-refractivity contribution in [3.05, 3.63) is 12.7 Å². The zero-order valence-electron chi connectivity index (χ0n) is 12.4. The van der Waals surface area contributed by atoms with Gasteiger partial charge in [-0.15, -0.1) is 0 Å². The maximum atomic E-state index is 4.10. The van der Waals surface area contributed by atoms with E-state index < -0.39 is 0 Å². The Balaban J connectivity index is 1.82. The molecule has 0 aromatic carbocycles. The van der Waals surface area contributed by atoms with E-state index in [2.05, 4.69) is 30.9 Å². The van der Waals surface area contributed by atoms with Gasteiger partial charge in [-0.25, -0.2) is 4.98 Å². The predicted molar refractivity (Wildman–Crippen MR) is 76.4 cm³/mol. The Morgan fingerprint density at radius 3 is 2.06 bits per heavy atom. The van der Waals surface area contributed by atoms with Crippen LogP contribution in [0.5, 0.6) is 0 Å². The predicted octanol–water partition coefficient (Wildman–Crippen LogP) is 4.45. The summed E-state index contributed by atoms with van der Waals surface area (Å²) in [4.78, 5) is 3.94. The molecular formula is C15H29N3. The van der Waals surface area contributed by atoms with Gasteiger partial charge in [0.1, 0.15) is 12.7 Å². The minimum atomic E-state index is 0.512. The largest absolute Gasteiger partial charge is 0.253 e. The molecule has 0 aliphatic heterocycles. The number of nitrogens with zero attached hydrogens (tertiary/aromatic N) is 3. The Labute approximate surface area is 112 Å². The highest BCUT2D eigenvalue weighted by Crippen LogP contribution is 2.22. The third-order valence-corrected chi connectivity index (χ3v) is 3.28. The monoisotopic (exact) mass is 251 g/mol. The molecule has 0 spiro atoms. The van der Waals surface area contributed by atoms with Crippen LogP contribution in [0.2, 0.25) is 0 Å². The van der Waals surface area contributed by atoms with Crippen LogP contribution in [0.3, 0.4) is 0 Å². The van der Waals surface area contributed by atoms with Crippen LogP contribution in [0.25, 0.3) is 0 Å². The van der Waals surface area contributed by atoms with E-state index in [0.717, 1.165) is 6.54 Å². The lowest BCUT2D eigenvalue weighted by Gasteiger charge is -2.17. The zero-order valence-corrected chi connectivity index (χ0v) is 12.4. The summed E-state index contributed by atoms with van der Waals surface area (Å²) in [5, 5.41) is 4.10. The average Bonchev–Trinajstić information content (AvgIpc) is 2.78. The summed E-state index contributed by atoms with van der Waals surface area (Å²) >= 11 is 0. The molecule has 0 unspecified atom stereocenters. The molecule has 18 heavy (non-hydrogen) atoms. The molecule has 1 aromatic heterocycles. The molecule has 0 fully saturated rings. The molecule has 0 atom stereocenters. The van der Waals surface area contributed by atoms with Crippen LogP contribution in [0, 0.1) is 5.41 Å². The SMILES string of the molecule is CC(C)(C)CCCCCCCCCn1cncn1. The first-order chi connectivity index (χ1) is 8.58. The summed E-state index contributed by atoms with van der Waals surface area (Å²) in [6, 6.07) is 0. The first-order valence-electron chi connectivity index (χ1n) is 7.40. The van der Waals surface area contributed by atoms with Crippen molar-refractivity contribution >= 4 is 0 Å². The average molecular weight is 251 g/mol. The van der Waals surface area contributed by atoms with Gasteiger partial charge in [0.25, 0.3) is 0 Å². The quantitative estimate of drug-likeness (QED) is 0.607. The molecule has 0 aliphatic carbocycles. The first kappa shape index (κ1) is 15.2. The minimum absolute atomic E-state index is 0.512. The van der Waals surface area contributed by atoms with Crippen LogP contribution in [-0.4, -0.2) is 14.8 Å². The molecule has 0 aliphatic rings. The smallest absolute Gasteiger partial charge is 0.137 e. The van der Waals surface area contributed by atoms with Gasteiger partial charge in [0, 0.05) is 6.54 Å². The Bertz CT molecular complexity index is 285. The van der Waals surface area contributed by atoms with Gasteiger partial charge < -0.3 is 0 Å². The van der Waals surface area contributed by atoms with Crippen molar-refractivity contribution in [1.29, 1.82) is 0 Å². The van der Waals surface area contributed by atoms with Crippen LogP contribution >= 0.6 is 0 Å². The van der Waals surface area contributed by atoms with Crippen LogP contribution < -0.4 is 0 Å². The highest BCUT2D eigenvalue weighted by molar-refractivity contribution is 4.61. The third-order valence-electron chi connectivity index (χ3n) is 3.28. The van der Waals surface area contributed by atoms with Gasteiger partial charge >= 0.3 is 0 Å². The van der Waals surface area contributed by atoms with Gasteiger partial charge in [0.05, 0.1) is 0 Å². The van der Waals surface area contributed by atoms with E-state index in [0.29, 0.717) is 5.41 Å². The molecular weight excluding hydrogens is 222 g/mol. The van der Waals surface area contributed by atoms with Gasteiger partial charge in [0.15, 0.2) is 0 Å². The standard InChI is InChI=1S/C15H29N3/c1-15(2,3)11-9-7-5-4-6-8-10-12-18-14-16-13-17-18/h13-14H,4-12H2,1-3H3. The number of aryl methyl sites for hydroxylation is 1. The second kappa shape index (κ2) is 8.28. The van der Waals surface area contributed by atoms with Gasteiger partial charge in [-0.1, -0.05) is 59.3 Å². The maximum Gasteiger partial charge on any atom is 0.137 e. The van der Waals surface area contributed by atoms with E-state index in [-0.39, 0.29) is 0 Å². The normalized spacial score (nSPS) is 11.9. The molecule has 0 bridgehead atoms. The van der Waals surface area contributed by atoms with Crippen molar-refractivity contribution in [2.24, 2.45) is 5.41 Å². The van der Waals surface area contributed by atoms with Crippen molar-refractivity contribution in [2.75, 3.05) is 0 Å². The van der Waals surface area contributed by atoms with E-state index in [4.69, 9.17) is 0 Å². The molecule has 0 radical (unpaired) electrons. The Morgan fingerprint density at radius 1 is 0.889 bits per heavy atom. The molecule has 0 amide bonds. The number of hydrogen-bond donors (Lipinski definition) is 0. The van der Waals surface area contributed by atoms with Crippen LogP contribution in [0.15, 0.2) is 12.7 Å². The molecule has 0 N–H and O–H groups in total. The fourth-order valence-electron chi connectivity index (χ4n) is 2.16. The Morgan fingerprint density at radius 2 is 1.50 bits per heavy atom. The molecule has 0 saturated heterocycles. The summed E-state index contributed by atoms with van der Waals surface area (Å²) in [5.74, 6) is 0. The van der Waals surface area contributed by atoms with Crippen molar-refractivity contribution in [1.82, 2.24) is 14.8 Å². The fraction of sp³-hybridized carbons (Fsp3) is 0.867. The molecule has 3 heteroatoms. The number of hydrogen-bond acceptors (Lipinski definition) is 2. The molecule has 104 valence electrons. The third kappa shape index (κ3) is 8.26. The number of rotatable bonds is 9. The van der Waals surface area contributed by atoms with Crippen LogP contribution in [0.1, 0.15) is 72.1 Å². The van der Waals surface area contributed by atoms with E-state index in [9.17, 15) is 0 Å². The highest BCUT2D eigenvalue weighted by Gasteiger charge is 2.08. The number of unbranched alkanes of at least 4 members (excludes halogenated alkanes) is 6. The fourth-order valence-corrected chi connectivity index (χ4v) is 2.16. The van der Waals surface area contributed by atoms with Crippen molar-refractivity contribution in [3.8, 4) is 0 Å². The maximum absolute atomic E-state index is 4.10. The van der Waals surface area contributed by atoms with Crippen molar-refractivity contribution < 1.29 is 0 Å². The van der Waals surface area contributed by atoms with E-state index in [1.165, 1.54) is 51.4 Å². The summed E-state index contributed by atoms with van der Waals surface area (Å²) in [5.41, 5.74) is 0.512. The molecule has 1 rings (SSSR count). The topological polar surface area (TPSA) is 30.7 Å². The van der Waals surface area contributed by atoms with E-state index in [1.807, 2.05) is 4.68 Å². The van der Waals surface area contributed by atoms with Gasteiger partial charge in [-0.3, -0.25) is 4.68 Å². The minimum Gasteiger partial charge on any atom is -0.253 e. The first-order valence-corrected chi connectivity index (χ1v) is 7.40. The molecule has 0 saturated carbocycles. The Kier molecular flexibility index (Phi) is 6.99. The molecule has 1 aromatic rings. The summed E-state index contributed by atoms with van der Waals surface area (Å²) in [6.07, 6.45) is 14.3. The lowest BCUT2D eigenvalue weighted by Crippen LogP contribution is -2.03. The van der Waals surface area contributed by atoms with Gasteiger partial charge in [-0.05, 0) is 18.3 Å². The van der Waals surface area contributed by atoms with Crippen molar-refractivity contribution in [3.63, 3.8) is 0 Å². The molecule has 1 heterocycles. The van der Waals surface area contributed by atoms with Gasteiger partial charge in [0.2, 0.25) is 0 Å². The molecule has 3 nitrogen and oxygen atoms in total. The number of aromatic nitrogens is 3. The zero-order chi connectivity index (χ0) is 13.3. The highest BCUT2D eigenvalue weighted by atomic mass is 15.3.